The van der Waals surface area contributed by atoms with E-state index in [9.17, 15) is 0 Å². The standard InChI is InChI=1S/C7H18N.IO3/c1-5-8(4,6-2)7-3;2-1(3)4/h5-7H2,1-4H3;/q+1;-1. The molecule has 0 atom stereocenters. The second-order valence-electron chi connectivity index (χ2n) is 2.76. The average Bonchev–Trinajstić information content (AvgIpc) is 2.02. The van der Waals surface area contributed by atoms with Crippen molar-refractivity contribution in [3.05, 3.63) is 0 Å². The molecular weight excluding hydrogens is 273 g/mol. The van der Waals surface area contributed by atoms with Gasteiger partial charge in [-0.15, -0.1) is 0 Å². The summed E-state index contributed by atoms with van der Waals surface area (Å²) in [6.45, 7) is 10.5. The fourth-order valence-electron chi connectivity index (χ4n) is 0.671. The van der Waals surface area contributed by atoms with Crippen molar-refractivity contribution in [2.75, 3.05) is 26.7 Å². The molecule has 5 heteroatoms. The quantitative estimate of drug-likeness (QED) is 0.386. The van der Waals surface area contributed by atoms with Crippen LogP contribution in [0.2, 0.25) is 0 Å². The van der Waals surface area contributed by atoms with Crippen LogP contribution >= 0.6 is 0 Å². The molecule has 12 heavy (non-hydrogen) atoms. The van der Waals surface area contributed by atoms with Gasteiger partial charge in [-0.1, -0.05) is 0 Å². The predicted octanol–water partition coefficient (Wildman–Crippen LogP) is -5.07. The molecule has 0 saturated carbocycles. The number of rotatable bonds is 3. The van der Waals surface area contributed by atoms with Gasteiger partial charge in [0.1, 0.15) is 0 Å². The van der Waals surface area contributed by atoms with Crippen LogP contribution in [0.1, 0.15) is 20.8 Å². The molecule has 0 spiro atoms. The topological polar surface area (TPSA) is 69.2 Å². The lowest BCUT2D eigenvalue weighted by atomic mass is 10.4. The number of halogens is 1. The molecule has 0 saturated heterocycles. The Morgan fingerprint density at radius 2 is 1.08 bits per heavy atom. The summed E-state index contributed by atoms with van der Waals surface area (Å²) in [5.41, 5.74) is 0. The van der Waals surface area contributed by atoms with Crippen molar-refractivity contribution in [2.24, 2.45) is 0 Å². The molecule has 4 nitrogen and oxygen atoms in total. The normalized spacial score (nSPS) is 11.0. The van der Waals surface area contributed by atoms with Crippen LogP contribution in [0, 0.1) is 0 Å². The van der Waals surface area contributed by atoms with E-state index < -0.39 is 21.1 Å². The van der Waals surface area contributed by atoms with E-state index in [1.807, 2.05) is 0 Å². The molecule has 0 aromatic rings. The van der Waals surface area contributed by atoms with E-state index in [1.165, 1.54) is 24.1 Å². The molecule has 0 aromatic carbocycles. The smallest absolute Gasteiger partial charge is 0.282 e. The summed E-state index contributed by atoms with van der Waals surface area (Å²) >= 11 is -4.01. The molecule has 0 aliphatic rings. The number of quaternary nitrogens is 1. The Morgan fingerprint density at radius 3 is 1.08 bits per heavy atom. The Bertz CT molecular complexity index is 85.6. The second kappa shape index (κ2) is 8.18. The Kier molecular flexibility index (Phi) is 10.3. The molecule has 0 bridgehead atoms. The lowest BCUT2D eigenvalue weighted by molar-refractivity contribution is -1.73. The Labute approximate surface area is 83.5 Å². The van der Waals surface area contributed by atoms with Gasteiger partial charge in [0, 0.05) is 0 Å². The fourth-order valence-corrected chi connectivity index (χ4v) is 0.671. The average molecular weight is 291 g/mol. The first kappa shape index (κ1) is 15.1. The summed E-state index contributed by atoms with van der Waals surface area (Å²) in [5, 5.41) is 0. The zero-order valence-corrected chi connectivity index (χ0v) is 10.3. The van der Waals surface area contributed by atoms with Gasteiger partial charge in [0.25, 0.3) is 21.1 Å². The molecule has 0 aliphatic carbocycles. The third-order valence-corrected chi connectivity index (χ3v) is 2.29. The summed E-state index contributed by atoms with van der Waals surface area (Å²) in [4.78, 5) is 0. The SMILES string of the molecule is CC[N+](C)(CC)CC.[O-][I+2]([O-])[O-]. The minimum atomic E-state index is -4.01. The largest absolute Gasteiger partial charge is 0.427 e. The van der Waals surface area contributed by atoms with Crippen LogP contribution < -0.4 is 31.4 Å². The van der Waals surface area contributed by atoms with Crippen LogP contribution in [-0.2, 0) is 0 Å². The van der Waals surface area contributed by atoms with Gasteiger partial charge >= 0.3 is 0 Å². The molecule has 0 unspecified atom stereocenters. The highest BCUT2D eigenvalue weighted by Crippen LogP contribution is 1.97. The van der Waals surface area contributed by atoms with Crippen molar-refractivity contribution in [3.8, 4) is 0 Å². The zero-order valence-electron chi connectivity index (χ0n) is 8.17. The van der Waals surface area contributed by atoms with E-state index in [-0.39, 0.29) is 0 Å². The minimum Gasteiger partial charge on any atom is -0.427 e. The molecule has 0 N–H and O–H groups in total. The van der Waals surface area contributed by atoms with Crippen LogP contribution in [0.3, 0.4) is 0 Å². The fraction of sp³-hybridized carbons (Fsp3) is 1.00. The summed E-state index contributed by atoms with van der Waals surface area (Å²) in [6, 6.07) is 0. The minimum absolute atomic E-state index is 1.21. The van der Waals surface area contributed by atoms with E-state index in [4.69, 9.17) is 10.3 Å². The molecule has 0 rings (SSSR count). The molecule has 0 aliphatic heterocycles. The third kappa shape index (κ3) is 10.6. The van der Waals surface area contributed by atoms with Crippen LogP contribution in [-0.4, -0.2) is 31.2 Å². The van der Waals surface area contributed by atoms with Crippen molar-refractivity contribution >= 4 is 0 Å². The maximum Gasteiger partial charge on any atom is 0.282 e. The van der Waals surface area contributed by atoms with Gasteiger partial charge in [0.2, 0.25) is 0 Å². The van der Waals surface area contributed by atoms with Gasteiger partial charge in [-0.25, -0.2) is 0 Å². The number of hydrogen-bond acceptors (Lipinski definition) is 3. The highest BCUT2D eigenvalue weighted by molar-refractivity contribution is 4.24. The van der Waals surface area contributed by atoms with Crippen molar-refractivity contribution in [3.63, 3.8) is 0 Å². The molecule has 0 radical (unpaired) electrons. The highest BCUT2D eigenvalue weighted by atomic mass is 127. The maximum atomic E-state index is 8.57. The predicted molar refractivity (Wildman–Crippen MR) is 37.8 cm³/mol. The van der Waals surface area contributed by atoms with Gasteiger partial charge in [-0.05, 0) is 20.8 Å². The van der Waals surface area contributed by atoms with Crippen LogP contribution in [0.5, 0.6) is 0 Å². The van der Waals surface area contributed by atoms with Gasteiger partial charge < -0.3 is 14.8 Å². The van der Waals surface area contributed by atoms with E-state index in [2.05, 4.69) is 27.8 Å². The summed E-state index contributed by atoms with van der Waals surface area (Å²) in [5.74, 6) is 0. The Balaban J connectivity index is 0. The van der Waals surface area contributed by atoms with Crippen molar-refractivity contribution in [1.82, 2.24) is 0 Å². The van der Waals surface area contributed by atoms with Crippen LogP contribution in [0.15, 0.2) is 0 Å². The van der Waals surface area contributed by atoms with Gasteiger partial charge in [0.15, 0.2) is 0 Å². The van der Waals surface area contributed by atoms with E-state index >= 15 is 0 Å². The van der Waals surface area contributed by atoms with Crippen LogP contribution in [0.4, 0.5) is 0 Å². The van der Waals surface area contributed by atoms with E-state index in [1.54, 1.807) is 0 Å². The molecule has 0 amide bonds. The van der Waals surface area contributed by atoms with Gasteiger partial charge in [-0.2, -0.15) is 0 Å². The molecule has 0 aromatic heterocycles. The van der Waals surface area contributed by atoms with E-state index in [0.717, 1.165) is 0 Å². The van der Waals surface area contributed by atoms with Gasteiger partial charge in [0.05, 0.1) is 26.7 Å². The van der Waals surface area contributed by atoms with Crippen molar-refractivity contribution in [1.29, 1.82) is 0 Å². The molecule has 76 valence electrons. The first-order chi connectivity index (χ1) is 5.41. The van der Waals surface area contributed by atoms with Crippen LogP contribution in [0.25, 0.3) is 0 Å². The summed E-state index contributed by atoms with van der Waals surface area (Å²) in [6.07, 6.45) is 0. The second-order valence-corrected chi connectivity index (χ2v) is 3.84. The van der Waals surface area contributed by atoms with Crippen molar-refractivity contribution in [2.45, 2.75) is 20.8 Å². The molecule has 0 fully saturated rings. The summed E-state index contributed by atoms with van der Waals surface area (Å²) in [7, 11) is 2.29. The first-order valence-corrected chi connectivity index (χ1v) is 6.62. The third-order valence-electron chi connectivity index (χ3n) is 2.29. The molecule has 0 heterocycles. The Morgan fingerprint density at radius 1 is 0.917 bits per heavy atom. The molecular formula is C7H18INO3. The lowest BCUT2D eigenvalue weighted by Gasteiger charge is -2.30. The maximum absolute atomic E-state index is 8.57. The number of hydrogen-bond donors (Lipinski definition) is 0. The van der Waals surface area contributed by atoms with Crippen molar-refractivity contribution < 1.29 is 35.9 Å². The van der Waals surface area contributed by atoms with E-state index in [0.29, 0.717) is 0 Å². The van der Waals surface area contributed by atoms with Gasteiger partial charge in [-0.3, -0.25) is 0 Å². The highest BCUT2D eigenvalue weighted by Gasteiger charge is 2.10. The first-order valence-electron chi connectivity index (χ1n) is 3.98. The lowest BCUT2D eigenvalue weighted by Crippen LogP contribution is -4.05. The number of nitrogens with zero attached hydrogens (tertiary/aromatic N) is 1. The zero-order chi connectivity index (χ0) is 10.2. The Hall–Kier alpha value is 0.570. The monoisotopic (exact) mass is 291 g/mol. The summed E-state index contributed by atoms with van der Waals surface area (Å²) < 4.78 is 26.9.